The van der Waals surface area contributed by atoms with Crippen molar-refractivity contribution in [2.45, 2.75) is 13.8 Å². The van der Waals surface area contributed by atoms with Crippen molar-refractivity contribution in [2.24, 2.45) is 0 Å². The summed E-state index contributed by atoms with van der Waals surface area (Å²) in [5.74, 6) is 0.586. The van der Waals surface area contributed by atoms with Crippen molar-refractivity contribution in [3.05, 3.63) is 23.9 Å². The number of methoxy groups -OCH3 is 1. The third-order valence-electron chi connectivity index (χ3n) is 3.13. The molecule has 2 aromatic rings. The molecule has 0 unspecified atom stereocenters. The standard InChI is InChI=1S/C13H18N6O2/c1-4-18(5-2)12-10(13(20)21-3)11(14)19(17-12)9-7-6-8-15-16-9/h6-8H,4-5,14H2,1-3H3. The van der Waals surface area contributed by atoms with Crippen LogP contribution in [0.15, 0.2) is 18.3 Å². The van der Waals surface area contributed by atoms with Gasteiger partial charge in [0.2, 0.25) is 0 Å². The monoisotopic (exact) mass is 290 g/mol. The number of carbonyl (C=O) groups excluding carboxylic acids is 1. The lowest BCUT2D eigenvalue weighted by Gasteiger charge is -2.18. The number of aromatic nitrogens is 4. The van der Waals surface area contributed by atoms with E-state index >= 15 is 0 Å². The minimum absolute atomic E-state index is 0.184. The summed E-state index contributed by atoms with van der Waals surface area (Å²) in [6, 6.07) is 3.43. The normalized spacial score (nSPS) is 10.4. The molecule has 0 aromatic carbocycles. The third kappa shape index (κ3) is 2.64. The zero-order valence-electron chi connectivity index (χ0n) is 12.3. The highest BCUT2D eigenvalue weighted by atomic mass is 16.5. The Bertz CT molecular complexity index is 621. The number of nitrogens with two attached hydrogens (primary N) is 1. The van der Waals surface area contributed by atoms with Gasteiger partial charge in [-0.05, 0) is 26.0 Å². The Morgan fingerprint density at radius 3 is 2.67 bits per heavy atom. The average Bonchev–Trinajstić information content (AvgIpc) is 2.86. The van der Waals surface area contributed by atoms with Gasteiger partial charge < -0.3 is 15.4 Å². The number of hydrogen-bond acceptors (Lipinski definition) is 7. The molecule has 8 heteroatoms. The summed E-state index contributed by atoms with van der Waals surface area (Å²) in [5.41, 5.74) is 6.31. The fourth-order valence-electron chi connectivity index (χ4n) is 2.04. The van der Waals surface area contributed by atoms with Crippen LogP contribution >= 0.6 is 0 Å². The SMILES string of the molecule is CCN(CC)c1nn(-c2cccnn2)c(N)c1C(=O)OC. The first-order valence-corrected chi connectivity index (χ1v) is 6.63. The van der Waals surface area contributed by atoms with Gasteiger partial charge in [0.1, 0.15) is 11.4 Å². The molecule has 0 spiro atoms. The molecule has 112 valence electrons. The fourth-order valence-corrected chi connectivity index (χ4v) is 2.04. The van der Waals surface area contributed by atoms with Crippen LogP contribution in [-0.4, -0.2) is 46.1 Å². The van der Waals surface area contributed by atoms with Crippen molar-refractivity contribution in [1.82, 2.24) is 20.0 Å². The van der Waals surface area contributed by atoms with E-state index < -0.39 is 5.97 Å². The topological polar surface area (TPSA) is 99.2 Å². The number of nitrogens with zero attached hydrogens (tertiary/aromatic N) is 5. The lowest BCUT2D eigenvalue weighted by atomic mass is 10.2. The molecule has 0 saturated heterocycles. The van der Waals surface area contributed by atoms with Crippen molar-refractivity contribution in [1.29, 1.82) is 0 Å². The van der Waals surface area contributed by atoms with E-state index in [2.05, 4.69) is 15.3 Å². The number of nitrogen functional groups attached to an aromatic ring is 1. The second kappa shape index (κ2) is 6.21. The Hall–Kier alpha value is -2.64. The van der Waals surface area contributed by atoms with Crippen molar-refractivity contribution >= 4 is 17.6 Å². The molecule has 2 rings (SSSR count). The molecule has 0 bridgehead atoms. The molecule has 8 nitrogen and oxygen atoms in total. The highest BCUT2D eigenvalue weighted by Crippen LogP contribution is 2.27. The van der Waals surface area contributed by atoms with Crippen LogP contribution in [-0.2, 0) is 4.74 Å². The lowest BCUT2D eigenvalue weighted by molar-refractivity contribution is 0.0602. The number of rotatable bonds is 5. The van der Waals surface area contributed by atoms with Crippen molar-refractivity contribution in [3.8, 4) is 5.82 Å². The molecule has 0 amide bonds. The maximum atomic E-state index is 12.0. The van der Waals surface area contributed by atoms with Gasteiger partial charge in [0.15, 0.2) is 11.6 Å². The number of hydrogen-bond donors (Lipinski definition) is 1. The maximum absolute atomic E-state index is 12.0. The van der Waals surface area contributed by atoms with E-state index in [4.69, 9.17) is 10.5 Å². The molecular weight excluding hydrogens is 272 g/mol. The Kier molecular flexibility index (Phi) is 4.36. The van der Waals surface area contributed by atoms with Gasteiger partial charge in [-0.3, -0.25) is 0 Å². The van der Waals surface area contributed by atoms with E-state index in [1.54, 1.807) is 18.3 Å². The summed E-state index contributed by atoms with van der Waals surface area (Å²) in [4.78, 5) is 13.9. The fraction of sp³-hybridized carbons (Fsp3) is 0.385. The van der Waals surface area contributed by atoms with Gasteiger partial charge in [-0.25, -0.2) is 4.79 Å². The minimum Gasteiger partial charge on any atom is -0.465 e. The van der Waals surface area contributed by atoms with Gasteiger partial charge in [0.25, 0.3) is 0 Å². The molecular formula is C13H18N6O2. The van der Waals surface area contributed by atoms with Crippen LogP contribution in [0.5, 0.6) is 0 Å². The van der Waals surface area contributed by atoms with Crippen LogP contribution in [0.4, 0.5) is 11.6 Å². The first kappa shape index (κ1) is 14.8. The summed E-state index contributed by atoms with van der Waals surface area (Å²) < 4.78 is 6.21. The Labute approximate surface area is 122 Å². The zero-order valence-corrected chi connectivity index (χ0v) is 12.3. The maximum Gasteiger partial charge on any atom is 0.345 e. The summed E-state index contributed by atoms with van der Waals surface area (Å²) in [7, 11) is 1.31. The number of carbonyl (C=O) groups is 1. The van der Waals surface area contributed by atoms with Crippen LogP contribution in [0.25, 0.3) is 5.82 Å². The second-order valence-electron chi connectivity index (χ2n) is 4.24. The van der Waals surface area contributed by atoms with Crippen LogP contribution in [0.2, 0.25) is 0 Å². The summed E-state index contributed by atoms with van der Waals surface area (Å²) in [6.45, 7) is 5.33. The summed E-state index contributed by atoms with van der Waals surface area (Å²) >= 11 is 0. The van der Waals surface area contributed by atoms with Crippen molar-refractivity contribution < 1.29 is 9.53 Å². The predicted octanol–water partition coefficient (Wildman–Crippen LogP) is 0.877. The van der Waals surface area contributed by atoms with Gasteiger partial charge in [0.05, 0.1) is 7.11 Å². The third-order valence-corrected chi connectivity index (χ3v) is 3.13. The van der Waals surface area contributed by atoms with Crippen LogP contribution in [0, 0.1) is 0 Å². The van der Waals surface area contributed by atoms with Gasteiger partial charge in [-0.15, -0.1) is 10.2 Å². The summed E-state index contributed by atoms with van der Waals surface area (Å²) in [5, 5.41) is 12.2. The molecule has 0 fully saturated rings. The van der Waals surface area contributed by atoms with Crippen molar-refractivity contribution in [3.63, 3.8) is 0 Å². The molecule has 2 aromatic heterocycles. The quantitative estimate of drug-likeness (QED) is 0.816. The summed E-state index contributed by atoms with van der Waals surface area (Å²) in [6.07, 6.45) is 1.55. The molecule has 0 aliphatic heterocycles. The van der Waals surface area contributed by atoms with Gasteiger partial charge >= 0.3 is 5.97 Å². The van der Waals surface area contributed by atoms with E-state index in [9.17, 15) is 4.79 Å². The average molecular weight is 290 g/mol. The van der Waals surface area contributed by atoms with Crippen LogP contribution < -0.4 is 10.6 Å². The molecule has 21 heavy (non-hydrogen) atoms. The Morgan fingerprint density at radius 1 is 1.43 bits per heavy atom. The number of ether oxygens (including phenoxy) is 1. The molecule has 0 aliphatic rings. The van der Waals surface area contributed by atoms with Gasteiger partial charge in [-0.2, -0.15) is 9.78 Å². The number of esters is 1. The lowest BCUT2D eigenvalue weighted by Crippen LogP contribution is -2.24. The van der Waals surface area contributed by atoms with E-state index in [-0.39, 0.29) is 11.4 Å². The molecule has 2 heterocycles. The second-order valence-corrected chi connectivity index (χ2v) is 4.24. The molecule has 0 atom stereocenters. The van der Waals surface area contributed by atoms with E-state index in [0.29, 0.717) is 24.7 Å². The highest BCUT2D eigenvalue weighted by Gasteiger charge is 2.26. The molecule has 2 N–H and O–H groups in total. The zero-order chi connectivity index (χ0) is 15.4. The molecule has 0 saturated carbocycles. The van der Waals surface area contributed by atoms with Crippen LogP contribution in [0.3, 0.4) is 0 Å². The smallest absolute Gasteiger partial charge is 0.345 e. The number of anilines is 2. The van der Waals surface area contributed by atoms with E-state index in [1.807, 2.05) is 18.7 Å². The largest absolute Gasteiger partial charge is 0.465 e. The molecule has 0 radical (unpaired) electrons. The Balaban J connectivity index is 2.62. The predicted molar refractivity (Wildman–Crippen MR) is 78.5 cm³/mol. The van der Waals surface area contributed by atoms with Crippen LogP contribution in [0.1, 0.15) is 24.2 Å². The van der Waals surface area contributed by atoms with Gasteiger partial charge in [-0.1, -0.05) is 0 Å². The van der Waals surface area contributed by atoms with E-state index in [1.165, 1.54) is 11.8 Å². The molecule has 0 aliphatic carbocycles. The highest BCUT2D eigenvalue weighted by molar-refractivity contribution is 6.00. The van der Waals surface area contributed by atoms with Gasteiger partial charge in [0, 0.05) is 19.3 Å². The minimum atomic E-state index is -0.524. The first-order chi connectivity index (χ1) is 10.1. The van der Waals surface area contributed by atoms with Crippen molar-refractivity contribution in [2.75, 3.05) is 30.8 Å². The first-order valence-electron chi connectivity index (χ1n) is 6.63. The van der Waals surface area contributed by atoms with E-state index in [0.717, 1.165) is 0 Å². The Morgan fingerprint density at radius 2 is 2.14 bits per heavy atom.